The molecule has 0 aromatic carbocycles. The fraction of sp³-hybridized carbons (Fsp3) is 0.853. The number of allylic oxidation sites excluding steroid dienone is 7. The molecule has 1 amide bonds. The Bertz CT molecular complexity index is 1470. The zero-order valence-corrected chi connectivity index (χ0v) is 53.3. The lowest BCUT2D eigenvalue weighted by molar-refractivity contribution is -0.870. The van der Waals surface area contributed by atoms with Crippen molar-refractivity contribution in [2.75, 3.05) is 40.9 Å². The fourth-order valence-corrected chi connectivity index (χ4v) is 10.5. The van der Waals surface area contributed by atoms with E-state index in [4.69, 9.17) is 13.8 Å². The highest BCUT2D eigenvalue weighted by atomic mass is 31.2. The number of nitrogens with one attached hydrogen (secondary N) is 1. The number of amides is 1. The molecule has 0 aliphatic heterocycles. The van der Waals surface area contributed by atoms with Gasteiger partial charge in [0.05, 0.1) is 33.8 Å². The molecule has 0 spiro atoms. The molecule has 0 bridgehead atoms. The molecule has 0 aliphatic carbocycles. The molecular formula is C68H129N2O7P. The molecule has 3 atom stereocenters. The van der Waals surface area contributed by atoms with Gasteiger partial charge in [0.2, 0.25) is 5.91 Å². The van der Waals surface area contributed by atoms with Crippen molar-refractivity contribution in [3.05, 3.63) is 48.6 Å². The third-order valence-corrected chi connectivity index (χ3v) is 16.0. The van der Waals surface area contributed by atoms with Crippen LogP contribution in [0.25, 0.3) is 0 Å². The summed E-state index contributed by atoms with van der Waals surface area (Å²) in [6, 6.07) is -0.886. The zero-order chi connectivity index (χ0) is 57.2. The van der Waals surface area contributed by atoms with Crippen LogP contribution in [0.15, 0.2) is 48.6 Å². The Kier molecular flexibility index (Phi) is 56.7. The maximum Gasteiger partial charge on any atom is 0.306 e. The summed E-state index contributed by atoms with van der Waals surface area (Å²) in [6.45, 7) is 6.85. The first-order valence-electron chi connectivity index (χ1n) is 33.4. The Hall–Kier alpha value is -2.03. The standard InChI is InChI=1S/C68H129N2O7P/c1-7-10-13-16-19-22-25-28-30-31-32-33-34-35-36-37-38-39-41-43-46-49-52-55-58-61-68(72)77-66(59-56-53-50-47-44-27-24-21-18-15-12-9-3)65(64-76-78(73,74)75-63-62-70(4,5)6)69-67(71)60-57-54-51-48-45-42-40-29-26-23-20-17-14-11-8-2/h19,22,28,30,32-33,56,59,65-66H,7-18,20-21,23-27,29,31,34-55,57-58,60-64H2,1-6H3,(H-,69,71,73,74)/b22-19-,30-28-,33-32-,59-56+. The number of rotatable bonds is 61. The van der Waals surface area contributed by atoms with Crippen LogP contribution < -0.4 is 10.2 Å². The molecule has 0 radical (unpaired) electrons. The average molecular weight is 1120 g/mol. The van der Waals surface area contributed by atoms with E-state index < -0.39 is 20.0 Å². The van der Waals surface area contributed by atoms with Gasteiger partial charge in [0.15, 0.2) is 0 Å². The number of phosphoric acid groups is 1. The summed E-state index contributed by atoms with van der Waals surface area (Å²) >= 11 is 0. The van der Waals surface area contributed by atoms with Crippen LogP contribution in [0.3, 0.4) is 0 Å². The van der Waals surface area contributed by atoms with Crippen LogP contribution in [-0.2, 0) is 27.9 Å². The SMILES string of the molecule is CCCCC/C=C\C/C=C\C/C=C\CCCCCCCCCCCCCCC(=O)OC(/C=C/CCCCCCCCCCCC)C(COP(=O)([O-])OCC[N+](C)(C)C)NC(=O)CCCCCCCCCCCCCCCCC. The Morgan fingerprint density at radius 2 is 0.782 bits per heavy atom. The van der Waals surface area contributed by atoms with Crippen molar-refractivity contribution in [3.8, 4) is 0 Å². The van der Waals surface area contributed by atoms with Crippen LogP contribution in [0.5, 0.6) is 0 Å². The summed E-state index contributed by atoms with van der Waals surface area (Å²) < 4.78 is 30.4. The van der Waals surface area contributed by atoms with Gasteiger partial charge in [0.1, 0.15) is 19.3 Å². The molecular weight excluding hydrogens is 988 g/mol. The summed E-state index contributed by atoms with van der Waals surface area (Å²) in [7, 11) is 1.20. The van der Waals surface area contributed by atoms with E-state index in [2.05, 4.69) is 62.5 Å². The second-order valence-electron chi connectivity index (χ2n) is 24.0. The second-order valence-corrected chi connectivity index (χ2v) is 25.4. The largest absolute Gasteiger partial charge is 0.756 e. The Morgan fingerprint density at radius 3 is 1.19 bits per heavy atom. The maximum atomic E-state index is 13.5. The number of carbonyl (C=O) groups excluding carboxylic acids is 2. The van der Waals surface area contributed by atoms with Crippen molar-refractivity contribution in [2.24, 2.45) is 0 Å². The predicted octanol–water partition coefficient (Wildman–Crippen LogP) is 20.2. The van der Waals surface area contributed by atoms with Gasteiger partial charge in [0, 0.05) is 12.8 Å². The molecule has 0 fully saturated rings. The van der Waals surface area contributed by atoms with E-state index in [0.29, 0.717) is 17.4 Å². The van der Waals surface area contributed by atoms with E-state index in [0.717, 1.165) is 70.6 Å². The van der Waals surface area contributed by atoms with E-state index in [1.807, 2.05) is 33.3 Å². The van der Waals surface area contributed by atoms with Crippen LogP contribution in [-0.4, -0.2) is 69.4 Å². The Balaban J connectivity index is 5.08. The number of quaternary nitrogens is 1. The van der Waals surface area contributed by atoms with Gasteiger partial charge in [-0.2, -0.15) is 0 Å². The number of unbranched alkanes of at least 4 members (excludes halogenated alkanes) is 39. The number of carbonyl (C=O) groups is 2. The quantitative estimate of drug-likeness (QED) is 0.0212. The van der Waals surface area contributed by atoms with Gasteiger partial charge in [0.25, 0.3) is 7.82 Å². The number of hydrogen-bond acceptors (Lipinski definition) is 7. The van der Waals surface area contributed by atoms with Crippen molar-refractivity contribution in [3.63, 3.8) is 0 Å². The molecule has 10 heteroatoms. The number of likely N-dealkylation sites (N-methyl/N-ethyl adjacent to an activating group) is 1. The van der Waals surface area contributed by atoms with Crippen LogP contribution in [0.4, 0.5) is 0 Å². The maximum absolute atomic E-state index is 13.5. The minimum absolute atomic E-state index is 0.0207. The van der Waals surface area contributed by atoms with Gasteiger partial charge >= 0.3 is 5.97 Å². The lowest BCUT2D eigenvalue weighted by atomic mass is 10.0. The van der Waals surface area contributed by atoms with Crippen LogP contribution in [0.2, 0.25) is 0 Å². The third-order valence-electron chi connectivity index (χ3n) is 15.0. The first-order chi connectivity index (χ1) is 37.9. The van der Waals surface area contributed by atoms with E-state index in [9.17, 15) is 19.0 Å². The molecule has 0 aliphatic rings. The monoisotopic (exact) mass is 1120 g/mol. The first kappa shape index (κ1) is 76.0. The highest BCUT2D eigenvalue weighted by Crippen LogP contribution is 2.38. The summed E-state index contributed by atoms with van der Waals surface area (Å²) in [4.78, 5) is 40.1. The first-order valence-corrected chi connectivity index (χ1v) is 34.9. The summed E-state index contributed by atoms with van der Waals surface area (Å²) in [5, 5.41) is 3.04. The van der Waals surface area contributed by atoms with Crippen molar-refractivity contribution in [1.82, 2.24) is 5.32 Å². The second kappa shape index (κ2) is 58.2. The van der Waals surface area contributed by atoms with Crippen molar-refractivity contribution >= 4 is 19.7 Å². The van der Waals surface area contributed by atoms with Crippen molar-refractivity contribution < 1.29 is 37.3 Å². The van der Waals surface area contributed by atoms with E-state index in [1.165, 1.54) is 218 Å². The molecule has 1 N–H and O–H groups in total. The van der Waals surface area contributed by atoms with Gasteiger partial charge in [-0.3, -0.25) is 14.2 Å². The van der Waals surface area contributed by atoms with E-state index >= 15 is 0 Å². The van der Waals surface area contributed by atoms with Gasteiger partial charge in [-0.25, -0.2) is 0 Å². The molecule has 9 nitrogen and oxygen atoms in total. The predicted molar refractivity (Wildman–Crippen MR) is 335 cm³/mol. The average Bonchev–Trinajstić information content (AvgIpc) is 3.40. The number of esters is 1. The molecule has 0 aromatic heterocycles. The summed E-state index contributed by atoms with van der Waals surface area (Å²) in [6.07, 6.45) is 72.2. The van der Waals surface area contributed by atoms with Crippen LogP contribution in [0.1, 0.15) is 323 Å². The van der Waals surface area contributed by atoms with Gasteiger partial charge in [-0.1, -0.05) is 288 Å². The molecule has 0 aromatic rings. The Labute approximate surface area is 484 Å². The lowest BCUT2D eigenvalue weighted by Crippen LogP contribution is -2.47. The minimum atomic E-state index is -4.70. The van der Waals surface area contributed by atoms with Gasteiger partial charge < -0.3 is 28.5 Å². The highest BCUT2D eigenvalue weighted by Gasteiger charge is 2.27. The number of hydrogen-bond donors (Lipinski definition) is 1. The summed E-state index contributed by atoms with van der Waals surface area (Å²) in [5.41, 5.74) is 0. The molecule has 3 unspecified atom stereocenters. The van der Waals surface area contributed by atoms with Crippen LogP contribution >= 0.6 is 7.82 Å². The van der Waals surface area contributed by atoms with Crippen LogP contribution in [0, 0.1) is 0 Å². The lowest BCUT2D eigenvalue weighted by Gasteiger charge is -2.30. The van der Waals surface area contributed by atoms with Gasteiger partial charge in [-0.05, 0) is 70.3 Å². The smallest absolute Gasteiger partial charge is 0.306 e. The highest BCUT2D eigenvalue weighted by molar-refractivity contribution is 7.45. The van der Waals surface area contributed by atoms with Gasteiger partial charge in [-0.15, -0.1) is 0 Å². The Morgan fingerprint density at radius 1 is 0.449 bits per heavy atom. The summed E-state index contributed by atoms with van der Waals surface area (Å²) in [5.74, 6) is -0.529. The molecule has 458 valence electrons. The molecule has 78 heavy (non-hydrogen) atoms. The molecule has 0 rings (SSSR count). The van der Waals surface area contributed by atoms with Crippen molar-refractivity contribution in [2.45, 2.75) is 335 Å². The molecule has 0 saturated heterocycles. The number of nitrogens with zero attached hydrogens (tertiary/aromatic N) is 1. The fourth-order valence-electron chi connectivity index (χ4n) is 9.83. The number of phosphoric ester groups is 1. The van der Waals surface area contributed by atoms with E-state index in [1.54, 1.807) is 0 Å². The molecule has 0 saturated carbocycles. The number of ether oxygens (including phenoxy) is 1. The normalized spacial score (nSPS) is 13.9. The minimum Gasteiger partial charge on any atom is -0.756 e. The van der Waals surface area contributed by atoms with E-state index in [-0.39, 0.29) is 31.5 Å². The topological polar surface area (TPSA) is 114 Å². The van der Waals surface area contributed by atoms with Crippen molar-refractivity contribution in [1.29, 1.82) is 0 Å². The zero-order valence-electron chi connectivity index (χ0n) is 52.4. The third kappa shape index (κ3) is 58.6. The molecule has 0 heterocycles.